The second kappa shape index (κ2) is 3.31. The summed E-state index contributed by atoms with van der Waals surface area (Å²) in [6.07, 6.45) is 1.78. The molecule has 0 heterocycles. The van der Waals surface area contributed by atoms with Gasteiger partial charge in [0.05, 0.1) is 0 Å². The van der Waals surface area contributed by atoms with Crippen molar-refractivity contribution < 1.29 is 0 Å². The number of hydrogen-bond donors (Lipinski definition) is 2. The predicted molar refractivity (Wildman–Crippen MR) is 30.2 cm³/mol. The summed E-state index contributed by atoms with van der Waals surface area (Å²) in [6.45, 7) is 0. The van der Waals surface area contributed by atoms with Crippen LogP contribution in [-0.4, -0.2) is 11.4 Å². The molecule has 0 radical (unpaired) electrons. The first kappa shape index (κ1) is 6.11. The summed E-state index contributed by atoms with van der Waals surface area (Å²) in [5.74, 6) is 0. The van der Waals surface area contributed by atoms with Crippen molar-refractivity contribution in [3.8, 4) is 0 Å². The van der Waals surface area contributed by atoms with Gasteiger partial charge in [0.2, 0.25) is 0 Å². The van der Waals surface area contributed by atoms with Crippen molar-refractivity contribution in [2.75, 3.05) is 6.26 Å². The number of halogens is 1. The molecule has 0 rings (SSSR count). The van der Waals surface area contributed by atoms with Crippen molar-refractivity contribution in [1.82, 2.24) is 4.84 Å². The summed E-state index contributed by atoms with van der Waals surface area (Å²) in [4.78, 5) is 2.13. The van der Waals surface area contributed by atoms with E-state index >= 15 is 0 Å². The first-order valence-electron chi connectivity index (χ1n) is 1.30. The Kier molecular flexibility index (Phi) is 3.37. The zero-order chi connectivity index (χ0) is 4.99. The number of thioether (sulfide) groups is 1. The highest BCUT2D eigenvalue weighted by atomic mass is 35.5. The van der Waals surface area contributed by atoms with Crippen LogP contribution in [-0.2, 0) is 0 Å². The van der Waals surface area contributed by atoms with Crippen molar-refractivity contribution in [3.63, 3.8) is 0 Å². The monoisotopic (exact) mass is 124 g/mol. The van der Waals surface area contributed by atoms with Crippen molar-refractivity contribution >= 4 is 28.7 Å². The number of amidine groups is 1. The molecule has 36 valence electrons. The van der Waals surface area contributed by atoms with Gasteiger partial charge < -0.3 is 0 Å². The van der Waals surface area contributed by atoms with Crippen molar-refractivity contribution in [1.29, 1.82) is 5.41 Å². The highest BCUT2D eigenvalue weighted by Gasteiger charge is 1.81. The number of nitrogens with one attached hydrogen (secondary N) is 2. The van der Waals surface area contributed by atoms with Gasteiger partial charge in [-0.1, -0.05) is 11.8 Å². The molecule has 0 saturated heterocycles. The lowest BCUT2D eigenvalue weighted by Crippen LogP contribution is -2.03. The van der Waals surface area contributed by atoms with Crippen LogP contribution in [0, 0.1) is 5.41 Å². The molecule has 0 unspecified atom stereocenters. The van der Waals surface area contributed by atoms with Gasteiger partial charge in [0, 0.05) is 11.8 Å². The standard InChI is InChI=1S/C2H5ClN2S/c1-6-2(4)5-3/h1H3,(H2,4,5). The van der Waals surface area contributed by atoms with E-state index in [-0.39, 0.29) is 5.17 Å². The van der Waals surface area contributed by atoms with Gasteiger partial charge in [0.15, 0.2) is 5.17 Å². The highest BCUT2D eigenvalue weighted by Crippen LogP contribution is 1.89. The van der Waals surface area contributed by atoms with E-state index in [4.69, 9.17) is 17.2 Å². The smallest absolute Gasteiger partial charge is 0.168 e. The van der Waals surface area contributed by atoms with Crippen LogP contribution in [0.4, 0.5) is 0 Å². The van der Waals surface area contributed by atoms with Crippen LogP contribution in [0.5, 0.6) is 0 Å². The van der Waals surface area contributed by atoms with E-state index in [0.29, 0.717) is 0 Å². The van der Waals surface area contributed by atoms with Gasteiger partial charge in [-0.05, 0) is 6.26 Å². The van der Waals surface area contributed by atoms with Gasteiger partial charge in [-0.3, -0.25) is 10.2 Å². The van der Waals surface area contributed by atoms with Crippen LogP contribution in [0.1, 0.15) is 0 Å². The second-order valence-corrected chi connectivity index (χ2v) is 1.63. The van der Waals surface area contributed by atoms with Crippen LogP contribution < -0.4 is 4.84 Å². The quantitative estimate of drug-likeness (QED) is 0.288. The SMILES string of the molecule is CSC(=N)NCl. The predicted octanol–water partition coefficient (Wildman–Crippen LogP) is 1.03. The lowest BCUT2D eigenvalue weighted by atomic mass is 11.4. The molecule has 0 aromatic rings. The van der Waals surface area contributed by atoms with E-state index in [1.807, 2.05) is 0 Å². The topological polar surface area (TPSA) is 35.9 Å². The Balaban J connectivity index is 2.99. The van der Waals surface area contributed by atoms with Crippen LogP contribution in [0.15, 0.2) is 0 Å². The van der Waals surface area contributed by atoms with E-state index in [0.717, 1.165) is 0 Å². The average Bonchev–Trinajstić information content (AvgIpc) is 1.65. The van der Waals surface area contributed by atoms with Crippen molar-refractivity contribution in [2.24, 2.45) is 0 Å². The molecule has 6 heavy (non-hydrogen) atoms. The Bertz CT molecular complexity index is 49.5. The molecule has 0 aliphatic heterocycles. The first-order chi connectivity index (χ1) is 2.81. The zero-order valence-corrected chi connectivity index (χ0v) is 4.86. The highest BCUT2D eigenvalue weighted by molar-refractivity contribution is 8.13. The molecule has 0 aliphatic carbocycles. The minimum atomic E-state index is 0.275. The molecule has 0 amide bonds. The zero-order valence-electron chi connectivity index (χ0n) is 3.29. The molecule has 0 aromatic carbocycles. The fourth-order valence-corrected chi connectivity index (χ4v) is 0.347. The normalized spacial score (nSPS) is 7.67. The molecule has 0 aromatic heterocycles. The molecule has 2 N–H and O–H groups in total. The summed E-state index contributed by atoms with van der Waals surface area (Å²) in [5.41, 5.74) is 0. The molecular formula is C2H5ClN2S. The second-order valence-electron chi connectivity index (χ2n) is 0.628. The maximum atomic E-state index is 6.71. The Labute approximate surface area is 45.9 Å². The fourth-order valence-electron chi connectivity index (χ4n) is 0.0386. The van der Waals surface area contributed by atoms with Gasteiger partial charge in [0.1, 0.15) is 0 Å². The van der Waals surface area contributed by atoms with Crippen LogP contribution in [0.25, 0.3) is 0 Å². The third-order valence-electron chi connectivity index (χ3n) is 0.290. The molecule has 0 fully saturated rings. The Morgan fingerprint density at radius 1 is 2.00 bits per heavy atom. The molecule has 0 spiro atoms. The average molecular weight is 125 g/mol. The largest absolute Gasteiger partial charge is 0.278 e. The number of rotatable bonds is 0. The minimum absolute atomic E-state index is 0.275. The van der Waals surface area contributed by atoms with Crippen LogP contribution in [0.3, 0.4) is 0 Å². The van der Waals surface area contributed by atoms with E-state index in [9.17, 15) is 0 Å². The van der Waals surface area contributed by atoms with Gasteiger partial charge in [-0.2, -0.15) is 0 Å². The third-order valence-corrected chi connectivity index (χ3v) is 1.10. The molecule has 0 atom stereocenters. The van der Waals surface area contributed by atoms with Gasteiger partial charge in [-0.15, -0.1) is 0 Å². The third kappa shape index (κ3) is 2.35. The lowest BCUT2D eigenvalue weighted by molar-refractivity contribution is 1.42. The molecule has 0 aliphatic rings. The van der Waals surface area contributed by atoms with Gasteiger partial charge >= 0.3 is 0 Å². The van der Waals surface area contributed by atoms with E-state index in [2.05, 4.69) is 4.84 Å². The minimum Gasteiger partial charge on any atom is -0.278 e. The summed E-state index contributed by atoms with van der Waals surface area (Å²) in [5, 5.41) is 6.98. The first-order valence-corrected chi connectivity index (χ1v) is 2.90. The van der Waals surface area contributed by atoms with Gasteiger partial charge in [-0.25, -0.2) is 0 Å². The summed E-state index contributed by atoms with van der Waals surface area (Å²) >= 11 is 6.22. The maximum Gasteiger partial charge on any atom is 0.168 e. The van der Waals surface area contributed by atoms with E-state index in [1.54, 1.807) is 6.26 Å². The molecule has 4 heteroatoms. The van der Waals surface area contributed by atoms with Crippen molar-refractivity contribution in [2.45, 2.75) is 0 Å². The Morgan fingerprint density at radius 3 is 2.50 bits per heavy atom. The fraction of sp³-hybridized carbons (Fsp3) is 0.500. The van der Waals surface area contributed by atoms with E-state index < -0.39 is 0 Å². The Morgan fingerprint density at radius 2 is 2.50 bits per heavy atom. The lowest BCUT2D eigenvalue weighted by Gasteiger charge is -1.88. The van der Waals surface area contributed by atoms with Crippen molar-refractivity contribution in [3.05, 3.63) is 0 Å². The maximum absolute atomic E-state index is 6.71. The van der Waals surface area contributed by atoms with Crippen LogP contribution >= 0.6 is 23.5 Å². The van der Waals surface area contributed by atoms with Crippen LogP contribution in [0.2, 0.25) is 0 Å². The van der Waals surface area contributed by atoms with E-state index in [1.165, 1.54) is 11.8 Å². The summed E-state index contributed by atoms with van der Waals surface area (Å²) in [7, 11) is 0. The number of hydrogen-bond acceptors (Lipinski definition) is 2. The Hall–Kier alpha value is 0.110. The molecule has 2 nitrogen and oxygen atoms in total. The molecule has 0 bridgehead atoms. The van der Waals surface area contributed by atoms with Gasteiger partial charge in [0.25, 0.3) is 0 Å². The molecular weight excluding hydrogens is 120 g/mol. The molecule has 0 saturated carbocycles. The summed E-state index contributed by atoms with van der Waals surface area (Å²) < 4.78 is 0. The summed E-state index contributed by atoms with van der Waals surface area (Å²) in [6, 6.07) is 0.